The number of aryl methyl sites for hydroxylation is 2. The zero-order chi connectivity index (χ0) is 20.5. The van der Waals surface area contributed by atoms with E-state index in [1.54, 1.807) is 16.9 Å². The second-order valence-electron chi connectivity index (χ2n) is 7.37. The lowest BCUT2D eigenvalue weighted by Gasteiger charge is -2.34. The topological polar surface area (TPSA) is 63.0 Å². The molecule has 1 fully saturated rings. The summed E-state index contributed by atoms with van der Waals surface area (Å²) >= 11 is 0. The van der Waals surface area contributed by atoms with Crippen LogP contribution in [-0.2, 0) is 0 Å². The molecule has 0 saturated carbocycles. The van der Waals surface area contributed by atoms with Gasteiger partial charge in [0.15, 0.2) is 5.76 Å². The highest BCUT2D eigenvalue weighted by Gasteiger charge is 2.28. The highest BCUT2D eigenvalue weighted by Crippen LogP contribution is 2.29. The van der Waals surface area contributed by atoms with Gasteiger partial charge in [-0.1, -0.05) is 17.7 Å². The van der Waals surface area contributed by atoms with E-state index in [-0.39, 0.29) is 11.8 Å². The van der Waals surface area contributed by atoms with E-state index in [0.29, 0.717) is 43.1 Å². The van der Waals surface area contributed by atoms with Gasteiger partial charge in [0, 0.05) is 42.7 Å². The highest BCUT2D eigenvalue weighted by molar-refractivity contribution is 5.99. The summed E-state index contributed by atoms with van der Waals surface area (Å²) in [6.07, 6.45) is 0. The number of carbonyl (C=O) groups is 2. The molecule has 1 aliphatic rings. The molecule has 0 unspecified atom stereocenters. The maximum Gasteiger partial charge on any atom is 0.290 e. The Morgan fingerprint density at radius 3 is 2.14 bits per heavy atom. The lowest BCUT2D eigenvalue weighted by molar-refractivity contribution is 0.0519. The van der Waals surface area contributed by atoms with Crippen molar-refractivity contribution in [3.05, 3.63) is 64.9 Å². The fourth-order valence-electron chi connectivity index (χ4n) is 3.67. The minimum absolute atomic E-state index is 0.00381. The first-order valence-corrected chi connectivity index (χ1v) is 9.70. The van der Waals surface area contributed by atoms with Crippen molar-refractivity contribution < 1.29 is 18.7 Å². The first-order valence-electron chi connectivity index (χ1n) is 9.70. The molecule has 6 nitrogen and oxygen atoms in total. The van der Waals surface area contributed by atoms with E-state index in [1.165, 1.54) is 0 Å². The molecule has 1 aliphatic heterocycles. The molecule has 0 atom stereocenters. The summed E-state index contributed by atoms with van der Waals surface area (Å²) in [5.74, 6) is 0.944. The van der Waals surface area contributed by atoms with E-state index in [4.69, 9.17) is 9.15 Å². The minimum Gasteiger partial charge on any atom is -0.497 e. The van der Waals surface area contributed by atoms with Crippen molar-refractivity contribution in [3.63, 3.8) is 0 Å². The van der Waals surface area contributed by atoms with Crippen LogP contribution in [0.1, 0.15) is 32.0 Å². The molecule has 2 heterocycles. The summed E-state index contributed by atoms with van der Waals surface area (Å²) in [6.45, 7) is 5.86. The molecular weight excluding hydrogens is 368 g/mol. The van der Waals surface area contributed by atoms with Gasteiger partial charge in [0.1, 0.15) is 11.3 Å². The van der Waals surface area contributed by atoms with Crippen LogP contribution in [0.25, 0.3) is 11.0 Å². The van der Waals surface area contributed by atoms with E-state index in [9.17, 15) is 9.59 Å². The highest BCUT2D eigenvalue weighted by atomic mass is 16.5. The molecule has 0 spiro atoms. The predicted molar refractivity (Wildman–Crippen MR) is 110 cm³/mol. The van der Waals surface area contributed by atoms with Crippen LogP contribution in [0.4, 0.5) is 0 Å². The maximum atomic E-state index is 13.0. The molecule has 3 aromatic rings. The van der Waals surface area contributed by atoms with Crippen LogP contribution < -0.4 is 4.74 Å². The van der Waals surface area contributed by atoms with E-state index >= 15 is 0 Å². The third-order valence-electron chi connectivity index (χ3n) is 5.49. The summed E-state index contributed by atoms with van der Waals surface area (Å²) in [7, 11) is 1.61. The molecule has 0 aliphatic carbocycles. The van der Waals surface area contributed by atoms with Crippen LogP contribution in [0, 0.1) is 13.8 Å². The van der Waals surface area contributed by atoms with Crippen molar-refractivity contribution in [1.82, 2.24) is 9.80 Å². The Balaban J connectivity index is 1.46. The standard InChI is InChI=1S/C23H24N2O4/c1-15-4-6-17(7-5-15)22(26)24-10-12-25(13-11-24)23(27)21-16(2)19-14-18(28-3)8-9-20(19)29-21/h4-9,14H,10-13H2,1-3H3. The zero-order valence-electron chi connectivity index (χ0n) is 16.9. The number of amides is 2. The molecule has 1 saturated heterocycles. The van der Waals surface area contributed by atoms with Gasteiger partial charge in [-0.25, -0.2) is 0 Å². The number of furan rings is 1. The molecule has 1 aromatic heterocycles. The Morgan fingerprint density at radius 1 is 0.897 bits per heavy atom. The normalized spacial score (nSPS) is 14.3. The number of nitrogens with zero attached hydrogens (tertiary/aromatic N) is 2. The van der Waals surface area contributed by atoms with Crippen LogP contribution in [0.2, 0.25) is 0 Å². The number of methoxy groups -OCH3 is 1. The summed E-state index contributed by atoms with van der Waals surface area (Å²) in [5.41, 5.74) is 3.27. The van der Waals surface area contributed by atoms with Crippen molar-refractivity contribution in [2.24, 2.45) is 0 Å². The summed E-state index contributed by atoms with van der Waals surface area (Å²) in [5, 5.41) is 0.876. The van der Waals surface area contributed by atoms with Gasteiger partial charge in [0.05, 0.1) is 7.11 Å². The minimum atomic E-state index is -0.139. The van der Waals surface area contributed by atoms with Gasteiger partial charge in [-0.05, 0) is 44.2 Å². The van der Waals surface area contributed by atoms with Gasteiger partial charge in [-0.2, -0.15) is 0 Å². The lowest BCUT2D eigenvalue weighted by atomic mass is 10.1. The second-order valence-corrected chi connectivity index (χ2v) is 7.37. The number of fused-ring (bicyclic) bond motifs is 1. The van der Waals surface area contributed by atoms with Crippen molar-refractivity contribution in [2.45, 2.75) is 13.8 Å². The third-order valence-corrected chi connectivity index (χ3v) is 5.49. The number of ether oxygens (including phenoxy) is 1. The molecule has 4 rings (SSSR count). The first kappa shape index (κ1) is 19.1. The molecule has 0 N–H and O–H groups in total. The van der Waals surface area contributed by atoms with E-state index in [1.807, 2.05) is 56.3 Å². The molecule has 6 heteroatoms. The fraction of sp³-hybridized carbons (Fsp3) is 0.304. The van der Waals surface area contributed by atoms with Gasteiger partial charge >= 0.3 is 0 Å². The van der Waals surface area contributed by atoms with Gasteiger partial charge in [-0.3, -0.25) is 9.59 Å². The van der Waals surface area contributed by atoms with Crippen LogP contribution in [0.3, 0.4) is 0 Å². The molecule has 29 heavy (non-hydrogen) atoms. The average Bonchev–Trinajstić information content (AvgIpc) is 3.09. The van der Waals surface area contributed by atoms with E-state index in [0.717, 1.165) is 22.3 Å². The third kappa shape index (κ3) is 3.58. The predicted octanol–water partition coefficient (Wildman–Crippen LogP) is 3.66. The molecule has 0 radical (unpaired) electrons. The first-order chi connectivity index (χ1) is 14.0. The quantitative estimate of drug-likeness (QED) is 0.683. The van der Waals surface area contributed by atoms with Crippen LogP contribution >= 0.6 is 0 Å². The fourth-order valence-corrected chi connectivity index (χ4v) is 3.67. The number of rotatable bonds is 3. The molecule has 2 amide bonds. The van der Waals surface area contributed by atoms with E-state index in [2.05, 4.69) is 0 Å². The number of piperazine rings is 1. The second kappa shape index (κ2) is 7.62. The van der Waals surface area contributed by atoms with Crippen molar-refractivity contribution in [1.29, 1.82) is 0 Å². The zero-order valence-corrected chi connectivity index (χ0v) is 16.9. The molecule has 2 aromatic carbocycles. The van der Waals surface area contributed by atoms with Gasteiger partial charge in [0.25, 0.3) is 11.8 Å². The van der Waals surface area contributed by atoms with E-state index < -0.39 is 0 Å². The Kier molecular flexibility index (Phi) is 5.01. The van der Waals surface area contributed by atoms with Crippen LogP contribution in [-0.4, -0.2) is 54.9 Å². The Bertz CT molecular complexity index is 1060. The summed E-state index contributed by atoms with van der Waals surface area (Å²) in [6, 6.07) is 13.1. The Labute approximate surface area is 169 Å². The van der Waals surface area contributed by atoms with Crippen molar-refractivity contribution >= 4 is 22.8 Å². The van der Waals surface area contributed by atoms with Gasteiger partial charge < -0.3 is 19.0 Å². The summed E-state index contributed by atoms with van der Waals surface area (Å²) in [4.78, 5) is 29.3. The average molecular weight is 392 g/mol. The summed E-state index contributed by atoms with van der Waals surface area (Å²) < 4.78 is 11.1. The Hall–Kier alpha value is -3.28. The Morgan fingerprint density at radius 2 is 1.52 bits per heavy atom. The van der Waals surface area contributed by atoms with Gasteiger partial charge in [-0.15, -0.1) is 0 Å². The number of hydrogen-bond acceptors (Lipinski definition) is 4. The molecule has 150 valence electrons. The van der Waals surface area contributed by atoms with Crippen molar-refractivity contribution in [3.8, 4) is 5.75 Å². The number of benzene rings is 2. The van der Waals surface area contributed by atoms with Crippen molar-refractivity contribution in [2.75, 3.05) is 33.3 Å². The molecular formula is C23H24N2O4. The number of hydrogen-bond donors (Lipinski definition) is 0. The SMILES string of the molecule is COc1ccc2oc(C(=O)N3CCN(C(=O)c4ccc(C)cc4)CC3)c(C)c2c1. The smallest absolute Gasteiger partial charge is 0.290 e. The van der Waals surface area contributed by atoms with Crippen LogP contribution in [0.15, 0.2) is 46.9 Å². The van der Waals surface area contributed by atoms with Crippen LogP contribution in [0.5, 0.6) is 5.75 Å². The lowest BCUT2D eigenvalue weighted by Crippen LogP contribution is -2.50. The molecule has 0 bridgehead atoms. The monoisotopic (exact) mass is 392 g/mol. The maximum absolute atomic E-state index is 13.0. The van der Waals surface area contributed by atoms with Gasteiger partial charge in [0.2, 0.25) is 0 Å². The largest absolute Gasteiger partial charge is 0.497 e. The number of carbonyl (C=O) groups excluding carboxylic acids is 2.